The Morgan fingerprint density at radius 3 is 2.39 bits per heavy atom. The molecule has 3 N–H and O–H groups in total. The van der Waals surface area contributed by atoms with E-state index in [1.807, 2.05) is 0 Å². The molecule has 0 atom stereocenters. The number of phenols is 1. The number of rotatable bonds is 7. The Kier molecular flexibility index (Phi) is 7.64. The second-order valence-electron chi connectivity index (χ2n) is 9.50. The Morgan fingerprint density at radius 1 is 1.02 bits per heavy atom. The van der Waals surface area contributed by atoms with Crippen molar-refractivity contribution in [3.05, 3.63) is 95.4 Å². The Bertz CT molecular complexity index is 1580. The van der Waals surface area contributed by atoms with E-state index in [0.29, 0.717) is 22.5 Å². The second-order valence-corrected chi connectivity index (χ2v) is 9.50. The molecule has 1 aliphatic carbocycles. The molecule has 0 bridgehead atoms. The van der Waals surface area contributed by atoms with Crippen LogP contribution in [0.3, 0.4) is 0 Å². The van der Waals surface area contributed by atoms with Crippen LogP contribution in [0.25, 0.3) is 11.3 Å². The topological polar surface area (TPSA) is 105 Å². The number of ether oxygens (including phenoxy) is 1. The average Bonchev–Trinajstić information content (AvgIpc) is 3.31. The summed E-state index contributed by atoms with van der Waals surface area (Å²) in [6.07, 6.45) is -2.07. The molecule has 0 aliphatic heterocycles. The molecule has 1 aliphatic rings. The van der Waals surface area contributed by atoms with E-state index in [2.05, 4.69) is 20.5 Å². The van der Waals surface area contributed by atoms with Crippen LogP contribution in [0.4, 0.5) is 28.0 Å². The number of anilines is 1. The van der Waals surface area contributed by atoms with Gasteiger partial charge in [0.15, 0.2) is 0 Å². The molecular weight excluding hydrogens is 544 g/mol. The van der Waals surface area contributed by atoms with Crippen LogP contribution in [0.5, 0.6) is 11.5 Å². The number of carbonyl (C=O) groups excluding carboxylic acids is 2. The third-order valence-electron chi connectivity index (χ3n) is 6.72. The van der Waals surface area contributed by atoms with E-state index < -0.39 is 29.9 Å². The molecule has 41 heavy (non-hydrogen) atoms. The predicted molar refractivity (Wildman–Crippen MR) is 141 cm³/mol. The fourth-order valence-corrected chi connectivity index (χ4v) is 4.41. The SMILES string of the molecule is O=C(Nc1ccc(-c2cc(C3CCC3)n(C(=O)NCc3ccccc3F)n2)c(O)c1)c1ccc(OC(F)(F)F)cc1. The molecule has 0 radical (unpaired) electrons. The summed E-state index contributed by atoms with van der Waals surface area (Å²) >= 11 is 0. The number of hydrogen-bond acceptors (Lipinski definition) is 5. The molecule has 1 heterocycles. The van der Waals surface area contributed by atoms with Gasteiger partial charge in [-0.3, -0.25) is 4.79 Å². The summed E-state index contributed by atoms with van der Waals surface area (Å²) in [7, 11) is 0. The quantitative estimate of drug-likeness (QED) is 0.219. The van der Waals surface area contributed by atoms with Crippen LogP contribution in [0.1, 0.15) is 46.8 Å². The van der Waals surface area contributed by atoms with Gasteiger partial charge in [-0.05, 0) is 61.4 Å². The third kappa shape index (κ3) is 6.48. The van der Waals surface area contributed by atoms with Gasteiger partial charge in [0.05, 0.1) is 11.4 Å². The maximum absolute atomic E-state index is 14.0. The highest BCUT2D eigenvalue weighted by atomic mass is 19.4. The molecular formula is C29H24F4N4O4. The normalized spacial score (nSPS) is 13.4. The first-order valence-corrected chi connectivity index (χ1v) is 12.7. The zero-order chi connectivity index (χ0) is 29.1. The molecule has 0 saturated heterocycles. The van der Waals surface area contributed by atoms with E-state index in [9.17, 15) is 32.3 Å². The first-order valence-electron chi connectivity index (χ1n) is 12.7. The van der Waals surface area contributed by atoms with E-state index in [1.54, 1.807) is 24.3 Å². The van der Waals surface area contributed by atoms with Crippen LogP contribution in [0, 0.1) is 5.82 Å². The first kappa shape index (κ1) is 27.7. The minimum atomic E-state index is -4.84. The lowest BCUT2D eigenvalue weighted by Gasteiger charge is -2.25. The average molecular weight is 569 g/mol. The minimum Gasteiger partial charge on any atom is -0.507 e. The van der Waals surface area contributed by atoms with E-state index >= 15 is 0 Å². The summed E-state index contributed by atoms with van der Waals surface area (Å²) in [5.74, 6) is -1.61. The van der Waals surface area contributed by atoms with Gasteiger partial charge in [0.1, 0.15) is 17.3 Å². The lowest BCUT2D eigenvalue weighted by Crippen LogP contribution is -2.31. The van der Waals surface area contributed by atoms with Crippen molar-refractivity contribution in [2.75, 3.05) is 5.32 Å². The fraction of sp³-hybridized carbons (Fsp3) is 0.207. The summed E-state index contributed by atoms with van der Waals surface area (Å²) in [5, 5.41) is 20.4. The number of alkyl halides is 3. The highest BCUT2D eigenvalue weighted by molar-refractivity contribution is 6.04. The molecule has 212 valence electrons. The Morgan fingerprint density at radius 2 is 1.76 bits per heavy atom. The van der Waals surface area contributed by atoms with Gasteiger partial charge in [0.2, 0.25) is 0 Å². The zero-order valence-electron chi connectivity index (χ0n) is 21.4. The van der Waals surface area contributed by atoms with Gasteiger partial charge in [-0.15, -0.1) is 13.2 Å². The van der Waals surface area contributed by atoms with Crippen LogP contribution in [-0.2, 0) is 6.54 Å². The molecule has 5 rings (SSSR count). The standard InChI is InChI=1S/C29H24F4N4O4/c30-23-7-2-1-4-19(23)16-34-28(40)37-25(17-5-3-6-17)15-24(36-37)22-13-10-20(14-26(22)38)35-27(39)18-8-11-21(12-9-18)41-29(31,32)33/h1-2,4,7-15,17,38H,3,5-6,16H2,(H,34,40)(H,35,39). The van der Waals surface area contributed by atoms with Crippen LogP contribution in [0.15, 0.2) is 72.8 Å². The van der Waals surface area contributed by atoms with Crippen molar-refractivity contribution in [3.63, 3.8) is 0 Å². The third-order valence-corrected chi connectivity index (χ3v) is 6.72. The number of aromatic nitrogens is 2. The smallest absolute Gasteiger partial charge is 0.507 e. The predicted octanol–water partition coefficient (Wildman–Crippen LogP) is 6.57. The number of amides is 2. The van der Waals surface area contributed by atoms with Gasteiger partial charge >= 0.3 is 12.4 Å². The Labute approximate surface area is 231 Å². The lowest BCUT2D eigenvalue weighted by molar-refractivity contribution is -0.274. The van der Waals surface area contributed by atoms with Crippen molar-refractivity contribution in [1.82, 2.24) is 15.1 Å². The van der Waals surface area contributed by atoms with Crippen molar-refractivity contribution in [3.8, 4) is 22.8 Å². The number of phenolic OH excluding ortho intramolecular Hbond substituents is 1. The summed E-state index contributed by atoms with van der Waals surface area (Å²) in [4.78, 5) is 25.6. The molecule has 3 aromatic carbocycles. The number of nitrogens with one attached hydrogen (secondary N) is 2. The molecule has 4 aromatic rings. The maximum atomic E-state index is 14.0. The molecule has 1 aromatic heterocycles. The lowest BCUT2D eigenvalue weighted by atomic mass is 9.82. The van der Waals surface area contributed by atoms with E-state index in [4.69, 9.17) is 0 Å². The van der Waals surface area contributed by atoms with Crippen molar-refractivity contribution in [2.45, 2.75) is 38.1 Å². The zero-order valence-corrected chi connectivity index (χ0v) is 21.4. The summed E-state index contributed by atoms with van der Waals surface area (Å²) in [6.45, 7) is -0.0253. The van der Waals surface area contributed by atoms with E-state index in [1.165, 1.54) is 41.1 Å². The van der Waals surface area contributed by atoms with Gasteiger partial charge in [-0.25, -0.2) is 9.18 Å². The number of halogens is 4. The van der Waals surface area contributed by atoms with Gasteiger partial charge in [-0.2, -0.15) is 9.78 Å². The summed E-state index contributed by atoms with van der Waals surface area (Å²) < 4.78 is 56.1. The highest BCUT2D eigenvalue weighted by Crippen LogP contribution is 2.39. The van der Waals surface area contributed by atoms with Crippen LogP contribution < -0.4 is 15.4 Å². The van der Waals surface area contributed by atoms with Crippen molar-refractivity contribution < 1.29 is 37.0 Å². The molecule has 12 heteroatoms. The van der Waals surface area contributed by atoms with Crippen molar-refractivity contribution in [1.29, 1.82) is 0 Å². The molecule has 2 amide bonds. The van der Waals surface area contributed by atoms with E-state index in [-0.39, 0.29) is 29.5 Å². The minimum absolute atomic E-state index is 0.0253. The van der Waals surface area contributed by atoms with Gasteiger partial charge in [0, 0.05) is 40.9 Å². The van der Waals surface area contributed by atoms with Gasteiger partial charge in [0.25, 0.3) is 5.91 Å². The summed E-state index contributed by atoms with van der Waals surface area (Å²) in [6, 6.07) is 16.1. The first-order chi connectivity index (χ1) is 19.6. The Balaban J connectivity index is 1.31. The van der Waals surface area contributed by atoms with Crippen LogP contribution in [-0.4, -0.2) is 33.2 Å². The fourth-order valence-electron chi connectivity index (χ4n) is 4.41. The molecule has 1 fully saturated rings. The largest absolute Gasteiger partial charge is 0.573 e. The van der Waals surface area contributed by atoms with E-state index in [0.717, 1.165) is 31.4 Å². The molecule has 0 unspecified atom stereocenters. The number of hydrogen-bond donors (Lipinski definition) is 3. The van der Waals surface area contributed by atoms with Gasteiger partial charge < -0.3 is 20.5 Å². The van der Waals surface area contributed by atoms with Crippen LogP contribution >= 0.6 is 0 Å². The number of aromatic hydroxyl groups is 1. The number of nitrogens with zero attached hydrogens (tertiary/aromatic N) is 2. The maximum Gasteiger partial charge on any atom is 0.573 e. The van der Waals surface area contributed by atoms with Crippen LogP contribution in [0.2, 0.25) is 0 Å². The molecule has 0 spiro atoms. The summed E-state index contributed by atoms with van der Waals surface area (Å²) in [5.41, 5.74) is 1.97. The second kappa shape index (κ2) is 11.3. The highest BCUT2D eigenvalue weighted by Gasteiger charge is 2.31. The monoisotopic (exact) mass is 568 g/mol. The van der Waals surface area contributed by atoms with Crippen molar-refractivity contribution >= 4 is 17.6 Å². The Hall–Kier alpha value is -4.87. The van der Waals surface area contributed by atoms with Gasteiger partial charge in [-0.1, -0.05) is 24.6 Å². The number of carbonyl (C=O) groups is 2. The number of benzene rings is 3. The molecule has 8 nitrogen and oxygen atoms in total. The van der Waals surface area contributed by atoms with Crippen molar-refractivity contribution in [2.24, 2.45) is 0 Å². The molecule has 1 saturated carbocycles.